The van der Waals surface area contributed by atoms with Gasteiger partial charge in [-0.2, -0.15) is 0 Å². The minimum Gasteiger partial charge on any atom is -0.494 e. The number of rotatable bonds is 3. The third-order valence-corrected chi connectivity index (χ3v) is 5.68. The predicted octanol–water partition coefficient (Wildman–Crippen LogP) is 5.29. The zero-order valence-electron chi connectivity index (χ0n) is 16.0. The third-order valence-electron chi connectivity index (χ3n) is 5.19. The Morgan fingerprint density at radius 3 is 2.67 bits per heavy atom. The van der Waals surface area contributed by atoms with Crippen LogP contribution in [0.15, 0.2) is 46.9 Å². The van der Waals surface area contributed by atoms with Crippen molar-refractivity contribution < 1.29 is 9.53 Å². The number of allylic oxidation sites excluding steroid dienone is 1. The Hall–Kier alpha value is -2.27. The fourth-order valence-electron chi connectivity index (χ4n) is 4.19. The van der Waals surface area contributed by atoms with Crippen molar-refractivity contribution in [2.75, 3.05) is 11.5 Å². The molecule has 140 valence electrons. The van der Waals surface area contributed by atoms with Gasteiger partial charge in [-0.05, 0) is 63.1 Å². The molecule has 1 N–H and O–H groups in total. The number of nitrogens with zero attached hydrogens (tertiary/aromatic N) is 1. The number of anilines is 1. The van der Waals surface area contributed by atoms with Crippen LogP contribution >= 0.6 is 15.9 Å². The van der Waals surface area contributed by atoms with Gasteiger partial charge < -0.3 is 15.0 Å². The zero-order chi connectivity index (χ0) is 19.3. The van der Waals surface area contributed by atoms with Gasteiger partial charge in [-0.15, -0.1) is 0 Å². The average Bonchev–Trinajstić information content (AvgIpc) is 2.60. The molecule has 1 atom stereocenters. The molecule has 0 aromatic heterocycles. The van der Waals surface area contributed by atoms with Gasteiger partial charge in [0, 0.05) is 10.0 Å². The standard InChI is InChI=1S/C22H23BrN2O2/c1-5-27-16-10-17-13(2)12-22(3,4)25-19(17)18(11-16)21(26)24-20(25)14-7-6-8-15(23)9-14/h6-12,20H,5H2,1-4H3,(H,24,26). The van der Waals surface area contributed by atoms with E-state index in [0.717, 1.165) is 32.6 Å². The molecule has 2 heterocycles. The van der Waals surface area contributed by atoms with Crippen molar-refractivity contribution in [3.63, 3.8) is 0 Å². The molecule has 0 bridgehead atoms. The number of halogens is 1. The Balaban J connectivity index is 1.96. The lowest BCUT2D eigenvalue weighted by Gasteiger charge is -2.51. The highest BCUT2D eigenvalue weighted by molar-refractivity contribution is 9.10. The van der Waals surface area contributed by atoms with Crippen LogP contribution in [0.4, 0.5) is 5.69 Å². The first kappa shape index (κ1) is 18.1. The Labute approximate surface area is 168 Å². The maximum absolute atomic E-state index is 13.0. The van der Waals surface area contributed by atoms with Crippen LogP contribution in [0.25, 0.3) is 5.57 Å². The summed E-state index contributed by atoms with van der Waals surface area (Å²) in [4.78, 5) is 15.4. The summed E-state index contributed by atoms with van der Waals surface area (Å²) in [5.41, 5.74) is 4.67. The lowest BCUT2D eigenvalue weighted by atomic mass is 9.84. The van der Waals surface area contributed by atoms with Gasteiger partial charge in [-0.3, -0.25) is 4.79 Å². The maximum Gasteiger partial charge on any atom is 0.255 e. The molecule has 0 saturated carbocycles. The van der Waals surface area contributed by atoms with Crippen LogP contribution in [0.2, 0.25) is 0 Å². The Morgan fingerprint density at radius 2 is 1.96 bits per heavy atom. The van der Waals surface area contributed by atoms with Crippen LogP contribution < -0.4 is 15.0 Å². The first-order chi connectivity index (χ1) is 12.8. The lowest BCUT2D eigenvalue weighted by molar-refractivity contribution is 0.0921. The van der Waals surface area contributed by atoms with Crippen molar-refractivity contribution in [1.29, 1.82) is 0 Å². The normalized spacial score (nSPS) is 19.9. The van der Waals surface area contributed by atoms with Gasteiger partial charge >= 0.3 is 0 Å². The van der Waals surface area contributed by atoms with E-state index >= 15 is 0 Å². The summed E-state index contributed by atoms with van der Waals surface area (Å²) in [6.07, 6.45) is 2.02. The summed E-state index contributed by atoms with van der Waals surface area (Å²) < 4.78 is 6.71. The fourth-order valence-corrected chi connectivity index (χ4v) is 4.61. The summed E-state index contributed by atoms with van der Waals surface area (Å²) in [5.74, 6) is 0.661. The quantitative estimate of drug-likeness (QED) is 0.724. The molecule has 1 unspecified atom stereocenters. The molecule has 0 radical (unpaired) electrons. The van der Waals surface area contributed by atoms with E-state index < -0.39 is 0 Å². The molecule has 1 amide bonds. The van der Waals surface area contributed by atoms with Gasteiger partial charge in [0.2, 0.25) is 0 Å². The number of carbonyl (C=O) groups excluding carboxylic acids is 1. The molecule has 0 spiro atoms. The fraction of sp³-hybridized carbons (Fsp3) is 0.318. The summed E-state index contributed by atoms with van der Waals surface area (Å²) >= 11 is 3.55. The average molecular weight is 427 g/mol. The van der Waals surface area contributed by atoms with E-state index in [2.05, 4.69) is 65.1 Å². The molecule has 27 heavy (non-hydrogen) atoms. The minimum absolute atomic E-state index is 0.0699. The number of nitrogens with one attached hydrogen (secondary N) is 1. The van der Waals surface area contributed by atoms with Crippen LogP contribution in [0.1, 0.15) is 55.3 Å². The molecule has 4 rings (SSSR count). The minimum atomic E-state index is -0.250. The van der Waals surface area contributed by atoms with Gasteiger partial charge in [0.05, 0.1) is 23.4 Å². The van der Waals surface area contributed by atoms with Crippen molar-refractivity contribution in [2.24, 2.45) is 0 Å². The van der Waals surface area contributed by atoms with Crippen molar-refractivity contribution in [3.05, 3.63) is 63.6 Å². The Morgan fingerprint density at radius 1 is 1.22 bits per heavy atom. The highest BCUT2D eigenvalue weighted by atomic mass is 79.9. The molecular formula is C22H23BrN2O2. The van der Waals surface area contributed by atoms with Crippen molar-refractivity contribution in [1.82, 2.24) is 5.32 Å². The van der Waals surface area contributed by atoms with Crippen LogP contribution in [0, 0.1) is 0 Å². The van der Waals surface area contributed by atoms with E-state index in [1.165, 1.54) is 0 Å². The second kappa shape index (κ2) is 6.41. The summed E-state index contributed by atoms with van der Waals surface area (Å²) in [6.45, 7) is 8.99. The Kier molecular flexibility index (Phi) is 4.30. The molecule has 2 aromatic rings. The molecule has 5 heteroatoms. The number of carbonyl (C=O) groups is 1. The monoisotopic (exact) mass is 426 g/mol. The number of ether oxygens (including phenoxy) is 1. The first-order valence-electron chi connectivity index (χ1n) is 9.18. The number of hydrogen-bond acceptors (Lipinski definition) is 3. The largest absolute Gasteiger partial charge is 0.494 e. The van der Waals surface area contributed by atoms with E-state index in [0.29, 0.717) is 12.2 Å². The van der Waals surface area contributed by atoms with Gasteiger partial charge in [0.25, 0.3) is 5.91 Å². The molecule has 0 saturated heterocycles. The van der Waals surface area contributed by atoms with Crippen LogP contribution in [-0.2, 0) is 0 Å². The molecular weight excluding hydrogens is 404 g/mol. The van der Waals surface area contributed by atoms with Gasteiger partial charge in [0.15, 0.2) is 0 Å². The van der Waals surface area contributed by atoms with Crippen molar-refractivity contribution in [3.8, 4) is 5.75 Å². The van der Waals surface area contributed by atoms with Gasteiger partial charge in [-0.25, -0.2) is 0 Å². The number of hydrogen-bond donors (Lipinski definition) is 1. The van der Waals surface area contributed by atoms with E-state index in [4.69, 9.17) is 4.74 Å². The highest BCUT2D eigenvalue weighted by Gasteiger charge is 2.43. The topological polar surface area (TPSA) is 41.6 Å². The summed E-state index contributed by atoms with van der Waals surface area (Å²) in [6, 6.07) is 12.0. The van der Waals surface area contributed by atoms with E-state index in [1.54, 1.807) is 0 Å². The van der Waals surface area contributed by atoms with E-state index in [1.807, 2.05) is 31.2 Å². The highest BCUT2D eigenvalue weighted by Crippen LogP contribution is 2.48. The second-order valence-corrected chi connectivity index (χ2v) is 8.50. The summed E-state index contributed by atoms with van der Waals surface area (Å²) in [5, 5.41) is 3.20. The third kappa shape index (κ3) is 2.94. The molecule has 2 aromatic carbocycles. The summed E-state index contributed by atoms with van der Waals surface area (Å²) in [7, 11) is 0. The van der Waals surface area contributed by atoms with Gasteiger partial charge in [0.1, 0.15) is 11.9 Å². The molecule has 4 nitrogen and oxygen atoms in total. The van der Waals surface area contributed by atoms with Gasteiger partial charge in [-0.1, -0.05) is 34.1 Å². The van der Waals surface area contributed by atoms with E-state index in [9.17, 15) is 4.79 Å². The van der Waals surface area contributed by atoms with Crippen molar-refractivity contribution >= 4 is 33.1 Å². The predicted molar refractivity (Wildman–Crippen MR) is 112 cm³/mol. The molecule has 2 aliphatic rings. The van der Waals surface area contributed by atoms with Crippen LogP contribution in [0.3, 0.4) is 0 Å². The SMILES string of the molecule is CCOc1cc2c3c(c1)C(C)=CC(C)(C)N3C(c1cccc(Br)c1)NC2=O. The number of benzene rings is 2. The second-order valence-electron chi connectivity index (χ2n) is 7.58. The Bertz CT molecular complexity index is 965. The smallest absolute Gasteiger partial charge is 0.255 e. The van der Waals surface area contributed by atoms with Crippen molar-refractivity contribution in [2.45, 2.75) is 39.4 Å². The number of amides is 1. The molecule has 2 aliphatic heterocycles. The lowest BCUT2D eigenvalue weighted by Crippen LogP contribution is -2.56. The molecule has 0 aliphatic carbocycles. The van der Waals surface area contributed by atoms with E-state index in [-0.39, 0.29) is 17.6 Å². The maximum atomic E-state index is 13.0. The van der Waals surface area contributed by atoms with Crippen LogP contribution in [0.5, 0.6) is 5.75 Å². The van der Waals surface area contributed by atoms with Crippen LogP contribution in [-0.4, -0.2) is 18.1 Å². The zero-order valence-corrected chi connectivity index (χ0v) is 17.6. The first-order valence-corrected chi connectivity index (χ1v) is 9.97. The molecule has 0 fully saturated rings.